The van der Waals surface area contributed by atoms with Crippen LogP contribution in [0.5, 0.6) is 0 Å². The molecule has 8 heteroatoms. The van der Waals surface area contributed by atoms with E-state index in [0.29, 0.717) is 17.7 Å². The summed E-state index contributed by atoms with van der Waals surface area (Å²) in [5, 5.41) is 3.52. The lowest BCUT2D eigenvalue weighted by Crippen LogP contribution is -2.33. The summed E-state index contributed by atoms with van der Waals surface area (Å²) in [6.07, 6.45) is 1.98. The Bertz CT molecular complexity index is 1070. The van der Waals surface area contributed by atoms with E-state index in [4.69, 9.17) is 0 Å². The third kappa shape index (κ3) is 2.96. The molecule has 0 atom stereocenters. The molecule has 3 aromatic rings. The van der Waals surface area contributed by atoms with E-state index in [1.54, 1.807) is 12.1 Å². The van der Waals surface area contributed by atoms with E-state index in [0.717, 1.165) is 17.7 Å². The van der Waals surface area contributed by atoms with Gasteiger partial charge in [-0.2, -0.15) is 0 Å². The Morgan fingerprint density at radius 1 is 1.12 bits per heavy atom. The number of fused-ring (bicyclic) bond motifs is 2. The Labute approximate surface area is 150 Å². The van der Waals surface area contributed by atoms with Gasteiger partial charge in [-0.25, -0.2) is 22.8 Å². The maximum absolute atomic E-state index is 13.8. The molecule has 0 saturated heterocycles. The summed E-state index contributed by atoms with van der Waals surface area (Å²) < 4.78 is 40.7. The number of nitrogens with zero attached hydrogens (tertiary/aromatic N) is 3. The lowest BCUT2D eigenvalue weighted by Gasteiger charge is -2.19. The number of para-hydroxylation sites is 2. The van der Waals surface area contributed by atoms with Crippen LogP contribution < -0.4 is 9.62 Å². The average molecular weight is 372 g/mol. The minimum Gasteiger partial charge on any atom is -0.368 e. The van der Waals surface area contributed by atoms with Crippen molar-refractivity contribution < 1.29 is 12.8 Å². The van der Waals surface area contributed by atoms with Crippen LogP contribution in [0.15, 0.2) is 48.8 Å². The van der Waals surface area contributed by atoms with Crippen molar-refractivity contribution in [3.63, 3.8) is 0 Å². The Morgan fingerprint density at radius 2 is 1.96 bits per heavy atom. The molecule has 1 aromatic heterocycles. The van der Waals surface area contributed by atoms with Gasteiger partial charge in [0.2, 0.25) is 10.0 Å². The molecule has 0 amide bonds. The molecule has 4 rings (SSSR count). The fourth-order valence-corrected chi connectivity index (χ4v) is 4.63. The molecular weight excluding hydrogens is 355 g/mol. The maximum atomic E-state index is 13.8. The lowest BCUT2D eigenvalue weighted by molar-refractivity contribution is 0.592. The van der Waals surface area contributed by atoms with E-state index >= 15 is 0 Å². The first-order chi connectivity index (χ1) is 12.6. The van der Waals surface area contributed by atoms with Gasteiger partial charge in [0.05, 0.1) is 11.4 Å². The van der Waals surface area contributed by atoms with E-state index in [1.165, 1.54) is 16.7 Å². The first-order valence-corrected chi connectivity index (χ1v) is 9.88. The number of anilines is 2. The fourth-order valence-electron chi connectivity index (χ4n) is 3.20. The van der Waals surface area contributed by atoms with Gasteiger partial charge in [0, 0.05) is 18.5 Å². The summed E-state index contributed by atoms with van der Waals surface area (Å²) in [7, 11) is -3.45. The van der Waals surface area contributed by atoms with Crippen LogP contribution in [0, 0.1) is 5.82 Å². The Kier molecular flexibility index (Phi) is 4.20. The van der Waals surface area contributed by atoms with Crippen molar-refractivity contribution in [3.05, 3.63) is 60.2 Å². The maximum Gasteiger partial charge on any atom is 0.236 e. The molecule has 2 aromatic carbocycles. The number of aromatic nitrogens is 2. The molecule has 134 valence electrons. The summed E-state index contributed by atoms with van der Waals surface area (Å²) >= 11 is 0. The van der Waals surface area contributed by atoms with Crippen molar-refractivity contribution in [3.8, 4) is 0 Å². The molecule has 0 bridgehead atoms. The molecule has 0 saturated carbocycles. The van der Waals surface area contributed by atoms with Gasteiger partial charge >= 0.3 is 0 Å². The molecule has 0 fully saturated rings. The average Bonchev–Trinajstić information content (AvgIpc) is 3.07. The molecule has 0 radical (unpaired) electrons. The molecule has 1 aliphatic rings. The molecule has 26 heavy (non-hydrogen) atoms. The predicted molar refractivity (Wildman–Crippen MR) is 99.3 cm³/mol. The number of benzene rings is 2. The van der Waals surface area contributed by atoms with Crippen molar-refractivity contribution in [2.45, 2.75) is 6.42 Å². The second-order valence-electron chi connectivity index (χ2n) is 6.05. The Morgan fingerprint density at radius 3 is 2.85 bits per heavy atom. The Balaban J connectivity index is 1.49. The number of sulfonamides is 1. The largest absolute Gasteiger partial charge is 0.368 e. The summed E-state index contributed by atoms with van der Waals surface area (Å²) in [5.74, 6) is -0.0944. The highest BCUT2D eigenvalue weighted by Crippen LogP contribution is 2.30. The van der Waals surface area contributed by atoms with Gasteiger partial charge in [0.25, 0.3) is 0 Å². The van der Waals surface area contributed by atoms with Gasteiger partial charge in [0.15, 0.2) is 0 Å². The smallest absolute Gasteiger partial charge is 0.236 e. The third-order valence-electron chi connectivity index (χ3n) is 4.45. The highest BCUT2D eigenvalue weighted by molar-refractivity contribution is 7.92. The zero-order valence-corrected chi connectivity index (χ0v) is 14.7. The summed E-state index contributed by atoms with van der Waals surface area (Å²) in [6, 6.07) is 12.1. The van der Waals surface area contributed by atoms with Crippen molar-refractivity contribution in [1.82, 2.24) is 9.97 Å². The van der Waals surface area contributed by atoms with Crippen molar-refractivity contribution in [2.75, 3.05) is 28.5 Å². The topological polar surface area (TPSA) is 75.2 Å². The van der Waals surface area contributed by atoms with Gasteiger partial charge in [0.1, 0.15) is 23.5 Å². The Hall–Kier alpha value is -2.74. The SMILES string of the molecule is O=S(=O)(CCNc1ncnc2c(F)cccc12)N1CCc2ccccc21. The molecular formula is C18H17FN4O2S. The molecule has 0 aliphatic carbocycles. The molecule has 0 unspecified atom stereocenters. The summed E-state index contributed by atoms with van der Waals surface area (Å²) in [6.45, 7) is 0.632. The fraction of sp³-hybridized carbons (Fsp3) is 0.222. The van der Waals surface area contributed by atoms with Crippen molar-refractivity contribution in [1.29, 1.82) is 0 Å². The molecule has 0 spiro atoms. The van der Waals surface area contributed by atoms with Crippen molar-refractivity contribution in [2.24, 2.45) is 0 Å². The second-order valence-corrected chi connectivity index (χ2v) is 8.06. The van der Waals surface area contributed by atoms with E-state index < -0.39 is 15.8 Å². The second kappa shape index (κ2) is 6.53. The van der Waals surface area contributed by atoms with Gasteiger partial charge in [-0.05, 0) is 30.2 Å². The van der Waals surface area contributed by atoms with Crippen LogP contribution in [0.1, 0.15) is 5.56 Å². The molecule has 2 heterocycles. The van der Waals surface area contributed by atoms with Gasteiger partial charge in [-0.1, -0.05) is 24.3 Å². The zero-order valence-electron chi connectivity index (χ0n) is 13.9. The number of nitrogens with one attached hydrogen (secondary N) is 1. The number of rotatable bonds is 5. The molecule has 6 nitrogen and oxygen atoms in total. The van der Waals surface area contributed by atoms with Crippen molar-refractivity contribution >= 4 is 32.4 Å². The van der Waals surface area contributed by atoms with Crippen LogP contribution in [-0.2, 0) is 16.4 Å². The predicted octanol–water partition coefficient (Wildman–Crippen LogP) is 2.57. The van der Waals surface area contributed by atoms with Crippen LogP contribution in [-0.4, -0.2) is 37.2 Å². The number of hydrogen-bond acceptors (Lipinski definition) is 5. The quantitative estimate of drug-likeness (QED) is 0.745. The van der Waals surface area contributed by atoms with E-state index in [9.17, 15) is 12.8 Å². The van der Waals surface area contributed by atoms with Gasteiger partial charge in [-0.15, -0.1) is 0 Å². The van der Waals surface area contributed by atoms with Crippen LogP contribution in [0.4, 0.5) is 15.9 Å². The summed E-state index contributed by atoms with van der Waals surface area (Å²) in [5.41, 5.74) is 2.00. The molecule has 1 aliphatic heterocycles. The van der Waals surface area contributed by atoms with E-state index in [2.05, 4.69) is 15.3 Å². The molecule has 1 N–H and O–H groups in total. The number of hydrogen-bond donors (Lipinski definition) is 1. The summed E-state index contributed by atoms with van der Waals surface area (Å²) in [4.78, 5) is 8.04. The first kappa shape index (κ1) is 16.7. The number of halogens is 1. The van der Waals surface area contributed by atoms with Gasteiger partial charge in [-0.3, -0.25) is 4.31 Å². The van der Waals surface area contributed by atoms with Gasteiger partial charge < -0.3 is 5.32 Å². The van der Waals surface area contributed by atoms with E-state index in [-0.39, 0.29) is 17.8 Å². The standard InChI is InChI=1S/C18H17FN4O2S/c19-15-6-3-5-14-17(15)21-12-22-18(14)20-9-11-26(24,25)23-10-8-13-4-1-2-7-16(13)23/h1-7,12H,8-11H2,(H,20,21,22). The zero-order chi connectivity index (χ0) is 18.1. The van der Waals surface area contributed by atoms with Crippen LogP contribution in [0.2, 0.25) is 0 Å². The van der Waals surface area contributed by atoms with Crippen LogP contribution >= 0.6 is 0 Å². The normalized spacial score (nSPS) is 13.8. The third-order valence-corrected chi connectivity index (χ3v) is 6.22. The van der Waals surface area contributed by atoms with Crippen LogP contribution in [0.25, 0.3) is 10.9 Å². The lowest BCUT2D eigenvalue weighted by atomic mass is 10.2. The first-order valence-electron chi connectivity index (χ1n) is 8.28. The minimum atomic E-state index is -3.45. The highest BCUT2D eigenvalue weighted by Gasteiger charge is 2.28. The monoisotopic (exact) mass is 372 g/mol. The van der Waals surface area contributed by atoms with E-state index in [1.807, 2.05) is 24.3 Å². The highest BCUT2D eigenvalue weighted by atomic mass is 32.2. The minimum absolute atomic E-state index is 0.0812. The van der Waals surface area contributed by atoms with Crippen LogP contribution in [0.3, 0.4) is 0 Å².